The summed E-state index contributed by atoms with van der Waals surface area (Å²) < 4.78 is 18.9. The summed E-state index contributed by atoms with van der Waals surface area (Å²) in [6, 6.07) is 9.97. The second-order valence-corrected chi connectivity index (χ2v) is 8.11. The van der Waals surface area contributed by atoms with E-state index >= 15 is 0 Å². The molecule has 2 aromatic rings. The van der Waals surface area contributed by atoms with Crippen molar-refractivity contribution in [1.29, 1.82) is 0 Å². The first kappa shape index (κ1) is 21.3. The first-order valence-corrected chi connectivity index (χ1v) is 9.62. The molecule has 1 fully saturated rings. The minimum atomic E-state index is -0.722. The Kier molecular flexibility index (Phi) is 6.05. The molecule has 3 amide bonds. The summed E-state index contributed by atoms with van der Waals surface area (Å²) in [6.07, 6.45) is 1.08. The van der Waals surface area contributed by atoms with Gasteiger partial charge in [0.15, 0.2) is 0 Å². The molecule has 8 heteroatoms. The first-order valence-electron chi connectivity index (χ1n) is 9.62. The van der Waals surface area contributed by atoms with Gasteiger partial charge in [-0.05, 0) is 76.1 Å². The Morgan fingerprint density at radius 3 is 2.20 bits per heavy atom. The number of carbonyl (C=O) groups excluding carboxylic acids is 3. The molecule has 0 spiro atoms. The standard InChI is InChI=1S/C22H24FN3O4/c1-22(2,3)30-21(29)26-17-11-8-15(23)12-18(17)25-20(28)14-6-9-16(10-7-14)24-19(27)13-4-5-13/h6-13H,4-5H2,1-3H3,(H,24,27)(H,25,28)(H,26,29). The van der Waals surface area contributed by atoms with Crippen molar-refractivity contribution in [2.45, 2.75) is 39.2 Å². The molecule has 1 saturated carbocycles. The van der Waals surface area contributed by atoms with Crippen molar-refractivity contribution < 1.29 is 23.5 Å². The zero-order chi connectivity index (χ0) is 21.9. The number of anilines is 3. The van der Waals surface area contributed by atoms with Crippen LogP contribution in [-0.4, -0.2) is 23.5 Å². The topological polar surface area (TPSA) is 96.5 Å². The summed E-state index contributed by atoms with van der Waals surface area (Å²) >= 11 is 0. The number of benzene rings is 2. The highest BCUT2D eigenvalue weighted by Crippen LogP contribution is 2.30. The van der Waals surface area contributed by atoms with Crippen LogP contribution in [0.3, 0.4) is 0 Å². The molecule has 2 aromatic carbocycles. The van der Waals surface area contributed by atoms with E-state index in [1.54, 1.807) is 45.0 Å². The quantitative estimate of drug-likeness (QED) is 0.658. The lowest BCUT2D eigenvalue weighted by molar-refractivity contribution is -0.117. The molecule has 0 aliphatic heterocycles. The van der Waals surface area contributed by atoms with Crippen LogP contribution >= 0.6 is 0 Å². The second-order valence-electron chi connectivity index (χ2n) is 8.11. The van der Waals surface area contributed by atoms with E-state index in [1.807, 2.05) is 0 Å². The zero-order valence-electron chi connectivity index (χ0n) is 17.0. The minimum absolute atomic E-state index is 0.0233. The van der Waals surface area contributed by atoms with Gasteiger partial charge in [-0.2, -0.15) is 0 Å². The molecule has 0 unspecified atom stereocenters. The van der Waals surface area contributed by atoms with Crippen molar-refractivity contribution in [3.05, 3.63) is 53.8 Å². The Morgan fingerprint density at radius 2 is 1.60 bits per heavy atom. The van der Waals surface area contributed by atoms with Gasteiger partial charge >= 0.3 is 6.09 Å². The summed E-state index contributed by atoms with van der Waals surface area (Å²) in [7, 11) is 0. The predicted molar refractivity (Wildman–Crippen MR) is 112 cm³/mol. The Hall–Kier alpha value is -3.42. The highest BCUT2D eigenvalue weighted by molar-refractivity contribution is 6.07. The number of carbonyl (C=O) groups is 3. The van der Waals surface area contributed by atoms with E-state index in [1.165, 1.54) is 12.1 Å². The van der Waals surface area contributed by atoms with E-state index in [4.69, 9.17) is 4.74 Å². The van der Waals surface area contributed by atoms with E-state index < -0.39 is 23.4 Å². The molecular weight excluding hydrogens is 389 g/mol. The smallest absolute Gasteiger partial charge is 0.412 e. The number of rotatable bonds is 5. The van der Waals surface area contributed by atoms with Gasteiger partial charge in [0.2, 0.25) is 5.91 Å². The van der Waals surface area contributed by atoms with Crippen molar-refractivity contribution in [3.63, 3.8) is 0 Å². The van der Waals surface area contributed by atoms with Crippen LogP contribution in [0.15, 0.2) is 42.5 Å². The van der Waals surface area contributed by atoms with Crippen LogP contribution in [0.2, 0.25) is 0 Å². The monoisotopic (exact) mass is 413 g/mol. The first-order chi connectivity index (χ1) is 14.1. The summed E-state index contributed by atoms with van der Waals surface area (Å²) in [6.45, 7) is 5.16. The van der Waals surface area contributed by atoms with Crippen molar-refractivity contribution >= 4 is 35.0 Å². The molecular formula is C22H24FN3O4. The van der Waals surface area contributed by atoms with Gasteiger partial charge in [0.25, 0.3) is 5.91 Å². The van der Waals surface area contributed by atoms with Crippen molar-refractivity contribution in [1.82, 2.24) is 0 Å². The van der Waals surface area contributed by atoms with Crippen LogP contribution in [0.25, 0.3) is 0 Å². The van der Waals surface area contributed by atoms with E-state index in [9.17, 15) is 18.8 Å². The molecule has 3 rings (SSSR count). The normalized spacial score (nSPS) is 13.3. The lowest BCUT2D eigenvalue weighted by atomic mass is 10.1. The molecule has 0 saturated heterocycles. The molecule has 158 valence electrons. The van der Waals surface area contributed by atoms with Crippen LogP contribution in [0, 0.1) is 11.7 Å². The lowest BCUT2D eigenvalue weighted by Crippen LogP contribution is -2.27. The fourth-order valence-corrected chi connectivity index (χ4v) is 2.63. The number of nitrogens with one attached hydrogen (secondary N) is 3. The Bertz CT molecular complexity index is 963. The Morgan fingerprint density at radius 1 is 0.933 bits per heavy atom. The summed E-state index contributed by atoms with van der Waals surface area (Å²) in [4.78, 5) is 36.4. The van der Waals surface area contributed by atoms with Gasteiger partial charge in [-0.1, -0.05) is 0 Å². The maximum absolute atomic E-state index is 13.7. The van der Waals surface area contributed by atoms with Gasteiger partial charge in [0.1, 0.15) is 11.4 Å². The highest BCUT2D eigenvalue weighted by atomic mass is 19.1. The van der Waals surface area contributed by atoms with E-state index in [0.717, 1.165) is 18.9 Å². The van der Waals surface area contributed by atoms with Crippen molar-refractivity contribution in [2.24, 2.45) is 5.92 Å². The maximum Gasteiger partial charge on any atom is 0.412 e. The summed E-state index contributed by atoms with van der Waals surface area (Å²) in [5, 5.41) is 7.89. The third-order valence-electron chi connectivity index (χ3n) is 4.23. The average Bonchev–Trinajstić information content (AvgIpc) is 3.48. The minimum Gasteiger partial charge on any atom is -0.444 e. The van der Waals surface area contributed by atoms with Crippen LogP contribution < -0.4 is 16.0 Å². The lowest BCUT2D eigenvalue weighted by Gasteiger charge is -2.20. The van der Waals surface area contributed by atoms with Crippen LogP contribution in [0.1, 0.15) is 44.0 Å². The molecule has 3 N–H and O–H groups in total. The molecule has 0 aromatic heterocycles. The zero-order valence-corrected chi connectivity index (χ0v) is 17.0. The van der Waals surface area contributed by atoms with Gasteiger partial charge < -0.3 is 15.4 Å². The van der Waals surface area contributed by atoms with Crippen LogP contribution in [0.5, 0.6) is 0 Å². The maximum atomic E-state index is 13.7. The largest absolute Gasteiger partial charge is 0.444 e. The number of hydrogen-bond donors (Lipinski definition) is 3. The van der Waals surface area contributed by atoms with Gasteiger partial charge in [0, 0.05) is 17.2 Å². The van der Waals surface area contributed by atoms with Gasteiger partial charge in [-0.15, -0.1) is 0 Å². The SMILES string of the molecule is CC(C)(C)OC(=O)Nc1ccc(F)cc1NC(=O)c1ccc(NC(=O)C2CC2)cc1. The Labute approximate surface area is 174 Å². The van der Waals surface area contributed by atoms with Gasteiger partial charge in [-0.3, -0.25) is 14.9 Å². The van der Waals surface area contributed by atoms with E-state index in [0.29, 0.717) is 11.3 Å². The van der Waals surface area contributed by atoms with Crippen molar-refractivity contribution in [2.75, 3.05) is 16.0 Å². The third kappa shape index (κ3) is 6.04. The van der Waals surface area contributed by atoms with Crippen molar-refractivity contribution in [3.8, 4) is 0 Å². The average molecular weight is 413 g/mol. The van der Waals surface area contributed by atoms with Gasteiger partial charge in [-0.25, -0.2) is 9.18 Å². The molecule has 7 nitrogen and oxygen atoms in total. The van der Waals surface area contributed by atoms with Crippen LogP contribution in [0.4, 0.5) is 26.2 Å². The summed E-state index contributed by atoms with van der Waals surface area (Å²) in [5.41, 5.74) is 0.502. The summed E-state index contributed by atoms with van der Waals surface area (Å²) in [5.74, 6) is -1.01. The fraction of sp³-hybridized carbons (Fsp3) is 0.318. The molecule has 0 bridgehead atoms. The third-order valence-corrected chi connectivity index (χ3v) is 4.23. The van der Waals surface area contributed by atoms with E-state index in [-0.39, 0.29) is 23.2 Å². The fourth-order valence-electron chi connectivity index (χ4n) is 2.63. The number of halogens is 1. The molecule has 0 radical (unpaired) electrons. The van der Waals surface area contributed by atoms with E-state index in [2.05, 4.69) is 16.0 Å². The highest BCUT2D eigenvalue weighted by Gasteiger charge is 2.29. The number of hydrogen-bond acceptors (Lipinski definition) is 4. The van der Waals surface area contributed by atoms with Crippen LogP contribution in [-0.2, 0) is 9.53 Å². The Balaban J connectivity index is 1.68. The predicted octanol–water partition coefficient (Wildman–Crippen LogP) is 4.77. The number of amides is 3. The molecule has 30 heavy (non-hydrogen) atoms. The molecule has 1 aliphatic rings. The molecule has 1 aliphatic carbocycles. The number of ether oxygens (including phenoxy) is 1. The second kappa shape index (κ2) is 8.52. The molecule has 0 atom stereocenters. The van der Waals surface area contributed by atoms with Gasteiger partial charge in [0.05, 0.1) is 11.4 Å². The molecule has 0 heterocycles.